The molecule has 1 atom stereocenters. The predicted octanol–water partition coefficient (Wildman–Crippen LogP) is 7.41. The van der Waals surface area contributed by atoms with E-state index in [9.17, 15) is 13.2 Å². The fourth-order valence-electron chi connectivity index (χ4n) is 4.48. The van der Waals surface area contributed by atoms with Crippen LogP contribution in [0.5, 0.6) is 0 Å². The summed E-state index contributed by atoms with van der Waals surface area (Å²) >= 11 is -3.51. The van der Waals surface area contributed by atoms with Crippen LogP contribution >= 0.6 is 0 Å². The van der Waals surface area contributed by atoms with Gasteiger partial charge in [-0.1, -0.05) is 62.3 Å². The number of aromatic nitrogens is 7. The van der Waals surface area contributed by atoms with Crippen LogP contribution in [0.25, 0.3) is 33.9 Å². The molecule has 5 aromatic heterocycles. The Labute approximate surface area is 319 Å². The number of nitrogen functional groups attached to an aromatic ring is 1. The van der Waals surface area contributed by atoms with Crippen LogP contribution < -0.4 is 5.73 Å². The van der Waals surface area contributed by atoms with Gasteiger partial charge >= 0.3 is 27.4 Å². The van der Waals surface area contributed by atoms with Gasteiger partial charge in [0, 0.05) is 18.9 Å². The van der Waals surface area contributed by atoms with Gasteiger partial charge in [0.1, 0.15) is 11.8 Å². The van der Waals surface area contributed by atoms with E-state index in [1.54, 1.807) is 10.9 Å². The molecule has 5 rings (SSSR count). The SMILES string of the molecule is CC(C)(C)c1ccnc(-c2cc(C(C)(C)C)cc(-c3cc(C(C)(C)C)ccn3)n2)c1.O=S([O-])OC(F)(F)F.[C-]#CCn1cnc2c(N)ncnc21.[Pt+2]. The summed E-state index contributed by atoms with van der Waals surface area (Å²) < 4.78 is 54.3. The van der Waals surface area contributed by atoms with Crippen LogP contribution in [0.1, 0.15) is 79.0 Å². The van der Waals surface area contributed by atoms with Gasteiger partial charge in [-0.05, 0) is 69.3 Å². The first-order chi connectivity index (χ1) is 23.5. The molecule has 0 bridgehead atoms. The van der Waals surface area contributed by atoms with E-state index in [-0.39, 0.29) is 37.3 Å². The average Bonchev–Trinajstić information content (AvgIpc) is 3.43. The number of imidazole rings is 1. The number of fused-ring (bicyclic) bond motifs is 1. The molecule has 0 fully saturated rings. The van der Waals surface area contributed by atoms with Crippen molar-refractivity contribution < 1.29 is 47.2 Å². The number of hydrogen-bond donors (Lipinski definition) is 1. The number of pyridine rings is 3. The summed E-state index contributed by atoms with van der Waals surface area (Å²) in [4.78, 5) is 26.2. The van der Waals surface area contributed by atoms with Crippen molar-refractivity contribution >= 4 is 28.3 Å². The summed E-state index contributed by atoms with van der Waals surface area (Å²) in [6.07, 6.45) is 8.46. The van der Waals surface area contributed by atoms with Crippen molar-refractivity contribution in [2.24, 2.45) is 0 Å². The second-order valence-electron chi connectivity index (χ2n) is 14.4. The van der Waals surface area contributed by atoms with E-state index >= 15 is 0 Å². The smallest absolute Gasteiger partial charge is 0.750 e. The quantitative estimate of drug-likeness (QED) is 0.109. The Morgan fingerprint density at radius 2 is 1.25 bits per heavy atom. The number of alkyl halides is 3. The Morgan fingerprint density at radius 3 is 1.63 bits per heavy atom. The number of nitrogens with two attached hydrogens (primary N) is 1. The maximum Gasteiger partial charge on any atom is 2.00 e. The van der Waals surface area contributed by atoms with E-state index in [2.05, 4.69) is 134 Å². The minimum absolute atomic E-state index is 0. The van der Waals surface area contributed by atoms with E-state index in [1.807, 2.05) is 12.4 Å². The monoisotopic (exact) mass is 917 g/mol. The van der Waals surface area contributed by atoms with E-state index < -0.39 is 17.7 Å². The molecule has 0 aliphatic carbocycles. The molecule has 2 N–H and O–H groups in total. The van der Waals surface area contributed by atoms with Crippen molar-refractivity contribution in [2.45, 2.75) is 91.5 Å². The molecule has 0 saturated carbocycles. The number of nitrogens with zero attached hydrogens (tertiary/aromatic N) is 7. The van der Waals surface area contributed by atoms with Gasteiger partial charge in [0.15, 0.2) is 11.5 Å². The molecule has 0 spiro atoms. The first kappa shape index (κ1) is 44.1. The average molecular weight is 918 g/mol. The molecule has 5 aromatic rings. The fourth-order valence-corrected chi connectivity index (χ4v) is 4.63. The number of anilines is 1. The molecule has 0 aliphatic heterocycles. The van der Waals surface area contributed by atoms with Crippen molar-refractivity contribution in [1.29, 1.82) is 0 Å². The number of halogens is 3. The van der Waals surface area contributed by atoms with Gasteiger partial charge in [-0.3, -0.25) is 9.97 Å². The van der Waals surface area contributed by atoms with Crippen LogP contribution in [0, 0.1) is 12.3 Å². The molecule has 0 radical (unpaired) electrons. The Hall–Kier alpha value is -4.09. The summed E-state index contributed by atoms with van der Waals surface area (Å²) in [6, 6.07) is 12.9. The second kappa shape index (κ2) is 17.6. The Morgan fingerprint density at radius 1 is 0.788 bits per heavy atom. The first-order valence-corrected chi connectivity index (χ1v) is 16.6. The molecule has 11 nitrogen and oxygen atoms in total. The van der Waals surface area contributed by atoms with Gasteiger partial charge in [-0.2, -0.15) is 0 Å². The Balaban J connectivity index is 0.000000348. The second-order valence-corrected chi connectivity index (χ2v) is 15.0. The van der Waals surface area contributed by atoms with E-state index in [0.717, 1.165) is 22.8 Å². The minimum atomic E-state index is -5.09. The molecule has 16 heteroatoms. The summed E-state index contributed by atoms with van der Waals surface area (Å²) in [5, 5.41) is 0. The zero-order chi connectivity index (χ0) is 38.4. The van der Waals surface area contributed by atoms with E-state index in [0.29, 0.717) is 23.5 Å². The van der Waals surface area contributed by atoms with Gasteiger partial charge in [0.2, 0.25) is 0 Å². The molecule has 0 aromatic carbocycles. The first-order valence-electron chi connectivity index (χ1n) is 15.6. The minimum Gasteiger partial charge on any atom is -0.750 e. The summed E-state index contributed by atoms with van der Waals surface area (Å²) in [7, 11) is 0. The molecule has 1 unspecified atom stereocenters. The van der Waals surface area contributed by atoms with E-state index in [4.69, 9.17) is 25.9 Å². The summed E-state index contributed by atoms with van der Waals surface area (Å²) in [5.41, 5.74) is 14.2. The largest absolute Gasteiger partial charge is 2.00 e. The Bertz CT molecular complexity index is 1950. The molecule has 0 amide bonds. The van der Waals surface area contributed by atoms with Crippen LogP contribution in [0.2, 0.25) is 0 Å². The molecule has 0 aliphatic rings. The van der Waals surface area contributed by atoms with E-state index in [1.165, 1.54) is 23.0 Å². The van der Waals surface area contributed by atoms with Crippen LogP contribution in [0.3, 0.4) is 0 Å². The third-order valence-electron chi connectivity index (χ3n) is 7.31. The van der Waals surface area contributed by atoms with Crippen LogP contribution in [0.15, 0.2) is 61.4 Å². The molecular formula is C36H41F3N8O3PtS. The van der Waals surface area contributed by atoms with Crippen molar-refractivity contribution in [3.05, 3.63) is 84.6 Å². The maximum atomic E-state index is 10.7. The van der Waals surface area contributed by atoms with Gasteiger partial charge < -0.3 is 27.2 Å². The zero-order valence-electron chi connectivity index (χ0n) is 30.3. The van der Waals surface area contributed by atoms with Crippen LogP contribution in [-0.2, 0) is 59.4 Å². The third kappa shape index (κ3) is 12.8. The van der Waals surface area contributed by atoms with Gasteiger partial charge in [-0.15, -0.1) is 13.2 Å². The van der Waals surface area contributed by atoms with Crippen molar-refractivity contribution in [3.63, 3.8) is 0 Å². The van der Waals surface area contributed by atoms with Gasteiger partial charge in [0.25, 0.3) is 0 Å². The molecule has 0 saturated heterocycles. The van der Waals surface area contributed by atoms with Gasteiger partial charge in [-0.25, -0.2) is 28.3 Å². The standard InChI is InChI=1S/C27H35N3.C8H6N5.CHF3O3S.Pt/c1-25(2,3)18-10-12-28-21(14-18)23-16-20(27(7,8)9)17-24(30-23)22-15-19(11-13-29-22)26(4,5)6;1-2-3-13-5-12-6-7(9)10-4-11-8(6)13;2-1(3,4)7-8(5)6;/h10-17H,1-9H3;4-5H,3H2,(H2,9,10,11);(H,5,6);/q;-1;;+2/p-1. The topological polar surface area (TPSA) is 158 Å². The molecule has 280 valence electrons. The maximum absolute atomic E-state index is 10.7. The number of rotatable bonds is 4. The molecule has 5 heterocycles. The van der Waals surface area contributed by atoms with Crippen molar-refractivity contribution in [1.82, 2.24) is 34.5 Å². The van der Waals surface area contributed by atoms with Gasteiger partial charge in [0.05, 0.1) is 40.5 Å². The third-order valence-corrected chi connectivity index (χ3v) is 7.63. The van der Waals surface area contributed by atoms with Crippen molar-refractivity contribution in [3.8, 4) is 28.7 Å². The Kier molecular flexibility index (Phi) is 14.9. The molecule has 52 heavy (non-hydrogen) atoms. The number of hydrogen-bond acceptors (Lipinski definition) is 10. The van der Waals surface area contributed by atoms with Crippen molar-refractivity contribution in [2.75, 3.05) is 5.73 Å². The fraction of sp³-hybridized carbons (Fsp3) is 0.389. The molecular weight excluding hydrogens is 877 g/mol. The normalized spacial score (nSPS) is 12.4. The van der Waals surface area contributed by atoms with Crippen LogP contribution in [0.4, 0.5) is 19.0 Å². The summed E-state index contributed by atoms with van der Waals surface area (Å²) in [6.45, 7) is 20.3. The predicted molar refractivity (Wildman–Crippen MR) is 190 cm³/mol. The van der Waals surface area contributed by atoms with Crippen LogP contribution in [-0.4, -0.2) is 49.6 Å². The summed E-state index contributed by atoms with van der Waals surface area (Å²) in [5.74, 6) is 2.61. The zero-order valence-corrected chi connectivity index (χ0v) is 33.4.